The molecule has 8 nitrogen and oxygen atoms in total. The van der Waals surface area contributed by atoms with E-state index in [1.807, 2.05) is 0 Å². The molecule has 0 aliphatic rings. The summed E-state index contributed by atoms with van der Waals surface area (Å²) in [5, 5.41) is 8.68. The van der Waals surface area contributed by atoms with Gasteiger partial charge in [0, 0.05) is 12.1 Å². The number of halogens is 3. The van der Waals surface area contributed by atoms with E-state index >= 15 is 0 Å². The van der Waals surface area contributed by atoms with E-state index in [4.69, 9.17) is 5.11 Å². The standard InChI is InChI=1S/C14H15F3N2O6S/c1-3-4-18-9(20)8-7(2)11(25-13(22)23)26-10(8)19(12(18)21)5-6-24-14(15,16)17/h3-6H2,1-2H3,(H,22,23). The minimum atomic E-state index is -4.86. The third-order valence-corrected chi connectivity index (χ3v) is 4.65. The molecule has 0 spiro atoms. The number of fused-ring (bicyclic) bond motifs is 1. The van der Waals surface area contributed by atoms with E-state index in [1.165, 1.54) is 6.92 Å². The quantitative estimate of drug-likeness (QED) is 0.754. The Labute approximate surface area is 148 Å². The number of thiophene rings is 1. The Morgan fingerprint density at radius 3 is 2.42 bits per heavy atom. The zero-order valence-corrected chi connectivity index (χ0v) is 14.6. The molecule has 0 aliphatic heterocycles. The first-order chi connectivity index (χ1) is 12.1. The first-order valence-corrected chi connectivity index (χ1v) is 8.26. The molecule has 0 unspecified atom stereocenters. The van der Waals surface area contributed by atoms with Crippen LogP contribution in [0.5, 0.6) is 5.06 Å². The second kappa shape index (κ2) is 7.50. The summed E-state index contributed by atoms with van der Waals surface area (Å²) >= 11 is 0.702. The van der Waals surface area contributed by atoms with Crippen molar-refractivity contribution in [3.8, 4) is 5.06 Å². The number of ether oxygens (including phenoxy) is 2. The molecule has 0 amide bonds. The summed E-state index contributed by atoms with van der Waals surface area (Å²) in [6.45, 7) is 1.93. The monoisotopic (exact) mass is 396 g/mol. The first-order valence-electron chi connectivity index (χ1n) is 7.45. The van der Waals surface area contributed by atoms with Crippen LogP contribution in [0.1, 0.15) is 18.9 Å². The highest BCUT2D eigenvalue weighted by Gasteiger charge is 2.29. The van der Waals surface area contributed by atoms with Crippen molar-refractivity contribution in [2.24, 2.45) is 0 Å². The van der Waals surface area contributed by atoms with Crippen molar-refractivity contribution >= 4 is 27.7 Å². The van der Waals surface area contributed by atoms with Crippen LogP contribution in [0.15, 0.2) is 9.59 Å². The highest BCUT2D eigenvalue weighted by Crippen LogP contribution is 2.34. The van der Waals surface area contributed by atoms with Gasteiger partial charge in [-0.3, -0.25) is 18.7 Å². The van der Waals surface area contributed by atoms with Crippen LogP contribution < -0.4 is 16.0 Å². The molecule has 0 aromatic carbocycles. The molecule has 2 aromatic rings. The maximum Gasteiger partial charge on any atom is 0.522 e. The Kier molecular flexibility index (Phi) is 5.76. The Morgan fingerprint density at radius 2 is 1.88 bits per heavy atom. The van der Waals surface area contributed by atoms with E-state index in [-0.39, 0.29) is 27.4 Å². The molecule has 0 atom stereocenters. The van der Waals surface area contributed by atoms with E-state index in [9.17, 15) is 27.6 Å². The number of rotatable bonds is 6. The molecular weight excluding hydrogens is 381 g/mol. The molecule has 2 rings (SSSR count). The molecule has 0 radical (unpaired) electrons. The van der Waals surface area contributed by atoms with Crippen LogP contribution in [-0.4, -0.2) is 33.4 Å². The van der Waals surface area contributed by atoms with Crippen LogP contribution in [-0.2, 0) is 17.8 Å². The van der Waals surface area contributed by atoms with Gasteiger partial charge in [-0.2, -0.15) is 0 Å². The van der Waals surface area contributed by atoms with Gasteiger partial charge in [0.2, 0.25) is 0 Å². The minimum Gasteiger partial charge on any atom is -0.449 e. The zero-order valence-electron chi connectivity index (χ0n) is 13.8. The molecule has 0 saturated carbocycles. The van der Waals surface area contributed by atoms with Crippen molar-refractivity contribution in [1.29, 1.82) is 0 Å². The van der Waals surface area contributed by atoms with Crippen LogP contribution in [0.2, 0.25) is 0 Å². The van der Waals surface area contributed by atoms with Crippen LogP contribution in [0, 0.1) is 6.92 Å². The summed E-state index contributed by atoms with van der Waals surface area (Å²) in [5.41, 5.74) is -1.24. The fourth-order valence-electron chi connectivity index (χ4n) is 2.42. The van der Waals surface area contributed by atoms with Gasteiger partial charge >= 0.3 is 18.2 Å². The number of aryl methyl sites for hydroxylation is 1. The molecule has 144 valence electrons. The van der Waals surface area contributed by atoms with Gasteiger partial charge in [-0.05, 0) is 13.3 Å². The number of carbonyl (C=O) groups is 1. The topological polar surface area (TPSA) is 99.8 Å². The van der Waals surface area contributed by atoms with Gasteiger partial charge in [0.25, 0.3) is 5.56 Å². The molecule has 1 N–H and O–H groups in total. The van der Waals surface area contributed by atoms with Crippen molar-refractivity contribution in [3.05, 3.63) is 26.4 Å². The van der Waals surface area contributed by atoms with Crippen LogP contribution in [0.3, 0.4) is 0 Å². The maximum atomic E-state index is 12.6. The number of carboxylic acid groups (broad SMARTS) is 1. The van der Waals surface area contributed by atoms with E-state index in [0.29, 0.717) is 17.8 Å². The SMILES string of the molecule is CCCn1c(=O)c2c(C)c(OC(=O)O)sc2n(CCOC(F)(F)F)c1=O. The Hall–Kier alpha value is -2.34. The lowest BCUT2D eigenvalue weighted by molar-refractivity contribution is -0.325. The van der Waals surface area contributed by atoms with Crippen molar-refractivity contribution in [2.75, 3.05) is 6.61 Å². The average Bonchev–Trinajstić information content (AvgIpc) is 2.82. The smallest absolute Gasteiger partial charge is 0.449 e. The fraction of sp³-hybridized carbons (Fsp3) is 0.500. The summed E-state index contributed by atoms with van der Waals surface area (Å²) in [4.78, 5) is 35.9. The van der Waals surface area contributed by atoms with Gasteiger partial charge in [0.15, 0.2) is 5.06 Å². The summed E-state index contributed by atoms with van der Waals surface area (Å²) < 4.78 is 46.8. The van der Waals surface area contributed by atoms with E-state index < -0.39 is 36.9 Å². The number of aromatic nitrogens is 2. The van der Waals surface area contributed by atoms with Gasteiger partial charge in [-0.1, -0.05) is 18.3 Å². The molecule has 0 bridgehead atoms. The van der Waals surface area contributed by atoms with Gasteiger partial charge in [0.05, 0.1) is 18.5 Å². The molecule has 0 aliphatic carbocycles. The second-order valence-electron chi connectivity index (χ2n) is 5.25. The zero-order chi connectivity index (χ0) is 19.6. The average molecular weight is 396 g/mol. The van der Waals surface area contributed by atoms with E-state index in [2.05, 4.69) is 9.47 Å². The van der Waals surface area contributed by atoms with Crippen molar-refractivity contribution in [1.82, 2.24) is 9.13 Å². The van der Waals surface area contributed by atoms with Crippen LogP contribution in [0.25, 0.3) is 10.2 Å². The van der Waals surface area contributed by atoms with Crippen molar-refractivity contribution in [2.45, 2.75) is 39.7 Å². The van der Waals surface area contributed by atoms with Gasteiger partial charge < -0.3 is 9.84 Å². The lowest BCUT2D eigenvalue weighted by atomic mass is 10.2. The Balaban J connectivity index is 2.65. The molecule has 2 aromatic heterocycles. The largest absolute Gasteiger partial charge is 0.522 e. The normalized spacial score (nSPS) is 11.9. The third-order valence-electron chi connectivity index (χ3n) is 3.46. The number of alkyl halides is 3. The molecular formula is C14H15F3N2O6S. The van der Waals surface area contributed by atoms with Crippen molar-refractivity contribution in [3.63, 3.8) is 0 Å². The summed E-state index contributed by atoms with van der Waals surface area (Å²) in [5.74, 6) is 0. The minimum absolute atomic E-state index is 0.0336. The Bertz CT molecular complexity index is 943. The number of hydrogen-bond donors (Lipinski definition) is 1. The van der Waals surface area contributed by atoms with Gasteiger partial charge in [0.1, 0.15) is 4.83 Å². The van der Waals surface area contributed by atoms with Crippen molar-refractivity contribution < 1.29 is 32.5 Å². The molecule has 0 fully saturated rings. The summed E-state index contributed by atoms with van der Waals surface area (Å²) in [6.07, 6.45) is -6.02. The third kappa shape index (κ3) is 4.07. The lowest BCUT2D eigenvalue weighted by Crippen LogP contribution is -2.40. The van der Waals surface area contributed by atoms with Gasteiger partial charge in [-0.25, -0.2) is 9.59 Å². The second-order valence-corrected chi connectivity index (χ2v) is 6.21. The number of nitrogens with zero attached hydrogens (tertiary/aromatic N) is 2. The Morgan fingerprint density at radius 1 is 1.23 bits per heavy atom. The summed E-state index contributed by atoms with van der Waals surface area (Å²) in [7, 11) is 0. The fourth-order valence-corrected chi connectivity index (χ4v) is 3.59. The predicted molar refractivity (Wildman–Crippen MR) is 86.0 cm³/mol. The first kappa shape index (κ1) is 20.0. The van der Waals surface area contributed by atoms with Crippen LogP contribution in [0.4, 0.5) is 18.0 Å². The predicted octanol–water partition coefficient (Wildman–Crippen LogP) is 2.54. The highest BCUT2D eigenvalue weighted by molar-refractivity contribution is 7.20. The highest BCUT2D eigenvalue weighted by atomic mass is 32.1. The molecule has 26 heavy (non-hydrogen) atoms. The number of hydrogen-bond acceptors (Lipinski definition) is 6. The van der Waals surface area contributed by atoms with Gasteiger partial charge in [-0.15, -0.1) is 13.2 Å². The lowest BCUT2D eigenvalue weighted by Gasteiger charge is -2.12. The summed E-state index contributed by atoms with van der Waals surface area (Å²) in [6, 6.07) is 0. The molecule has 12 heteroatoms. The molecule has 2 heterocycles. The van der Waals surface area contributed by atoms with Crippen LogP contribution >= 0.6 is 11.3 Å². The van der Waals surface area contributed by atoms with E-state index in [0.717, 1.165) is 9.13 Å². The molecule has 0 saturated heterocycles. The maximum absolute atomic E-state index is 12.6. The van der Waals surface area contributed by atoms with E-state index in [1.54, 1.807) is 6.92 Å².